The minimum absolute atomic E-state index is 0.105. The molecule has 0 aliphatic heterocycles. The van der Waals surface area contributed by atoms with Gasteiger partial charge in [-0.1, -0.05) is 305 Å². The molecule has 89 heavy (non-hydrogen) atoms. The highest BCUT2D eigenvalue weighted by atomic mass is 31.2. The van der Waals surface area contributed by atoms with Crippen molar-refractivity contribution in [1.82, 2.24) is 0 Å². The van der Waals surface area contributed by atoms with Crippen molar-refractivity contribution >= 4 is 39.5 Å². The first kappa shape index (κ1) is 87.1. The predicted molar refractivity (Wildman–Crippen MR) is 358 cm³/mol. The smallest absolute Gasteiger partial charge is 0.462 e. The van der Waals surface area contributed by atoms with Crippen LogP contribution in [0.15, 0.2) is 0 Å². The lowest BCUT2D eigenvalue weighted by Crippen LogP contribution is -2.30. The van der Waals surface area contributed by atoms with Crippen LogP contribution in [0.25, 0.3) is 0 Å². The Balaban J connectivity index is 5.21. The predicted octanol–water partition coefficient (Wildman–Crippen LogP) is 20.0. The fraction of sp³-hybridized carbons (Fsp3) is 0.943. The van der Waals surface area contributed by atoms with Crippen molar-refractivity contribution < 1.29 is 80.2 Å². The Hall–Kier alpha value is -1.94. The Morgan fingerprint density at radius 1 is 0.303 bits per heavy atom. The van der Waals surface area contributed by atoms with Crippen LogP contribution in [-0.2, 0) is 65.4 Å². The average molecular weight is 1310 g/mol. The highest BCUT2D eigenvalue weighted by Crippen LogP contribution is 2.45. The van der Waals surface area contributed by atoms with Gasteiger partial charge in [-0.3, -0.25) is 37.3 Å². The number of carbonyl (C=O) groups excluding carboxylic acids is 4. The minimum atomic E-state index is -4.95. The van der Waals surface area contributed by atoms with Gasteiger partial charge < -0.3 is 33.8 Å². The fourth-order valence-corrected chi connectivity index (χ4v) is 12.2. The number of unbranched alkanes of at least 4 members (excludes halogenated alkanes) is 39. The molecule has 0 radical (unpaired) electrons. The Labute approximate surface area is 543 Å². The molecule has 17 nitrogen and oxygen atoms in total. The molecule has 3 N–H and O–H groups in total. The van der Waals surface area contributed by atoms with Gasteiger partial charge in [0.15, 0.2) is 12.2 Å². The molecule has 0 saturated carbocycles. The number of hydrogen-bond acceptors (Lipinski definition) is 15. The van der Waals surface area contributed by atoms with Crippen LogP contribution in [0.2, 0.25) is 0 Å². The zero-order valence-corrected chi connectivity index (χ0v) is 59.5. The Morgan fingerprint density at radius 3 is 0.764 bits per heavy atom. The molecule has 0 aromatic heterocycles. The molecule has 5 atom stereocenters. The van der Waals surface area contributed by atoms with Gasteiger partial charge in [0.2, 0.25) is 0 Å². The van der Waals surface area contributed by atoms with Crippen molar-refractivity contribution in [3.63, 3.8) is 0 Å². The number of aliphatic hydroxyl groups excluding tert-OH is 1. The molecule has 0 aromatic carbocycles. The van der Waals surface area contributed by atoms with E-state index in [1.807, 2.05) is 0 Å². The van der Waals surface area contributed by atoms with E-state index < -0.39 is 97.5 Å². The number of aliphatic hydroxyl groups is 1. The number of esters is 4. The number of rotatable bonds is 69. The summed E-state index contributed by atoms with van der Waals surface area (Å²) in [5.41, 5.74) is 0. The molecule has 19 heteroatoms. The van der Waals surface area contributed by atoms with Crippen LogP contribution in [0.4, 0.5) is 0 Å². The van der Waals surface area contributed by atoms with E-state index in [4.69, 9.17) is 37.0 Å². The summed E-state index contributed by atoms with van der Waals surface area (Å²) in [6.07, 6.45) is 47.3. The number of phosphoric ester groups is 2. The molecule has 0 amide bonds. The van der Waals surface area contributed by atoms with Crippen molar-refractivity contribution in [2.45, 2.75) is 374 Å². The lowest BCUT2D eigenvalue weighted by atomic mass is 10.0. The summed E-state index contributed by atoms with van der Waals surface area (Å²) in [4.78, 5) is 72.4. The maximum atomic E-state index is 13.0. The largest absolute Gasteiger partial charge is 0.472 e. The molecule has 0 aliphatic rings. The van der Waals surface area contributed by atoms with Crippen molar-refractivity contribution in [2.75, 3.05) is 39.6 Å². The molecule has 0 aliphatic carbocycles. The molecule has 0 bridgehead atoms. The lowest BCUT2D eigenvalue weighted by molar-refractivity contribution is -0.161. The number of phosphoric acid groups is 2. The summed E-state index contributed by atoms with van der Waals surface area (Å²) in [6.45, 7) is 9.49. The fourth-order valence-electron chi connectivity index (χ4n) is 10.6. The monoisotopic (exact) mass is 1310 g/mol. The zero-order valence-electron chi connectivity index (χ0n) is 57.7. The first-order valence-electron chi connectivity index (χ1n) is 36.5. The van der Waals surface area contributed by atoms with E-state index in [2.05, 4.69) is 41.5 Å². The Morgan fingerprint density at radius 2 is 0.517 bits per heavy atom. The molecule has 0 spiro atoms. The standard InChI is InChI=1S/C70H136O17P2/c1-7-9-11-13-15-16-17-18-19-20-21-24-30-36-42-48-54-69(74)87-66(59-81-68(73)53-47-41-35-29-25-22-23-27-33-38-44-50-62(3)4)61-85-89(78,79)83-57-64(71)56-82-88(76,77)84-60-65(58-80-67(72)52-46-40-32-14-12-10-8-2)86-70(75)55-49-43-37-31-26-28-34-39-45-51-63(5)6/h62-66,71H,7-61H2,1-6H3,(H,76,77)(H,78,79)/t64-,65+,66+/m0/s1. The van der Waals surface area contributed by atoms with Gasteiger partial charge in [0.1, 0.15) is 19.3 Å². The van der Waals surface area contributed by atoms with Crippen LogP contribution in [-0.4, -0.2) is 96.7 Å². The van der Waals surface area contributed by atoms with E-state index in [9.17, 15) is 43.2 Å². The zero-order chi connectivity index (χ0) is 65.7. The van der Waals surface area contributed by atoms with Gasteiger partial charge in [-0.25, -0.2) is 9.13 Å². The Kier molecular flexibility index (Phi) is 60.8. The molecule has 0 fully saturated rings. The summed E-state index contributed by atoms with van der Waals surface area (Å²) in [7, 11) is -9.90. The molecule has 0 aromatic rings. The van der Waals surface area contributed by atoms with Crippen molar-refractivity contribution in [3.8, 4) is 0 Å². The van der Waals surface area contributed by atoms with Crippen molar-refractivity contribution in [3.05, 3.63) is 0 Å². The summed E-state index contributed by atoms with van der Waals surface area (Å²) in [5.74, 6) is -0.620. The van der Waals surface area contributed by atoms with Crippen LogP contribution >= 0.6 is 15.6 Å². The van der Waals surface area contributed by atoms with Gasteiger partial charge in [-0.05, 0) is 37.5 Å². The molecular weight excluding hydrogens is 1170 g/mol. The SMILES string of the molecule is CCCCCCCCCCCCCCCCCCC(=O)O[C@H](COC(=O)CCCCCCCCCCCCCC(C)C)COP(=O)(O)OC[C@@H](O)COP(=O)(O)OC[C@@H](COC(=O)CCCCCCCCC)OC(=O)CCCCCCCCCCCC(C)C. The topological polar surface area (TPSA) is 237 Å². The van der Waals surface area contributed by atoms with Crippen LogP contribution in [0.3, 0.4) is 0 Å². The summed E-state index contributed by atoms with van der Waals surface area (Å²) in [5, 5.41) is 10.6. The average Bonchev–Trinajstić information content (AvgIpc) is 3.70. The summed E-state index contributed by atoms with van der Waals surface area (Å²) in [6, 6.07) is 0. The number of carbonyl (C=O) groups is 4. The molecular formula is C70H136O17P2. The van der Waals surface area contributed by atoms with E-state index in [0.29, 0.717) is 25.7 Å². The van der Waals surface area contributed by atoms with Crippen LogP contribution < -0.4 is 0 Å². The van der Waals surface area contributed by atoms with E-state index >= 15 is 0 Å². The summed E-state index contributed by atoms with van der Waals surface area (Å²) < 4.78 is 68.2. The molecule has 528 valence electrons. The second-order valence-corrected chi connectivity index (χ2v) is 29.1. The third-order valence-electron chi connectivity index (χ3n) is 16.2. The van der Waals surface area contributed by atoms with E-state index in [1.54, 1.807) is 0 Å². The summed E-state index contributed by atoms with van der Waals surface area (Å²) >= 11 is 0. The van der Waals surface area contributed by atoms with E-state index in [0.717, 1.165) is 115 Å². The normalized spacial score (nSPS) is 14.1. The van der Waals surface area contributed by atoms with E-state index in [1.165, 1.54) is 161 Å². The van der Waals surface area contributed by atoms with Crippen LogP contribution in [0, 0.1) is 11.8 Å². The van der Waals surface area contributed by atoms with Gasteiger partial charge in [-0.15, -0.1) is 0 Å². The third kappa shape index (κ3) is 64.6. The quantitative estimate of drug-likeness (QED) is 0.0222. The van der Waals surface area contributed by atoms with Crippen LogP contribution in [0.1, 0.15) is 356 Å². The van der Waals surface area contributed by atoms with Crippen LogP contribution in [0.5, 0.6) is 0 Å². The van der Waals surface area contributed by atoms with Gasteiger partial charge in [-0.2, -0.15) is 0 Å². The van der Waals surface area contributed by atoms with Gasteiger partial charge in [0, 0.05) is 25.7 Å². The van der Waals surface area contributed by atoms with Crippen molar-refractivity contribution in [1.29, 1.82) is 0 Å². The molecule has 0 heterocycles. The maximum absolute atomic E-state index is 13.0. The maximum Gasteiger partial charge on any atom is 0.472 e. The first-order chi connectivity index (χ1) is 42.9. The first-order valence-corrected chi connectivity index (χ1v) is 39.5. The molecule has 0 rings (SSSR count). The van der Waals surface area contributed by atoms with E-state index in [-0.39, 0.29) is 25.7 Å². The lowest BCUT2D eigenvalue weighted by Gasteiger charge is -2.21. The van der Waals surface area contributed by atoms with Gasteiger partial charge in [0.05, 0.1) is 26.4 Å². The van der Waals surface area contributed by atoms with Gasteiger partial charge >= 0.3 is 39.5 Å². The number of ether oxygens (including phenoxy) is 4. The molecule has 2 unspecified atom stereocenters. The minimum Gasteiger partial charge on any atom is -0.462 e. The number of hydrogen-bond donors (Lipinski definition) is 3. The highest BCUT2D eigenvalue weighted by molar-refractivity contribution is 7.47. The Bertz CT molecular complexity index is 1730. The second kappa shape index (κ2) is 62.2. The van der Waals surface area contributed by atoms with Gasteiger partial charge in [0.25, 0.3) is 0 Å². The second-order valence-electron chi connectivity index (χ2n) is 26.2. The van der Waals surface area contributed by atoms with Crippen molar-refractivity contribution in [2.24, 2.45) is 11.8 Å². The third-order valence-corrected chi connectivity index (χ3v) is 18.1. The highest BCUT2D eigenvalue weighted by Gasteiger charge is 2.30. The molecule has 0 saturated heterocycles.